The number of aryl methyl sites for hydroxylation is 2. The van der Waals surface area contributed by atoms with Crippen molar-refractivity contribution < 1.29 is 9.47 Å². The van der Waals surface area contributed by atoms with Gasteiger partial charge in [-0.1, -0.05) is 29.8 Å². The number of methoxy groups -OCH3 is 2. The van der Waals surface area contributed by atoms with Crippen LogP contribution in [0.25, 0.3) is 0 Å². The van der Waals surface area contributed by atoms with Crippen LogP contribution in [0.4, 0.5) is 0 Å². The highest BCUT2D eigenvalue weighted by atomic mass is 16.5. The van der Waals surface area contributed by atoms with Crippen LogP contribution in [0.15, 0.2) is 60.8 Å². The zero-order valence-electron chi connectivity index (χ0n) is 16.9. The molecule has 1 aliphatic heterocycles. The minimum atomic E-state index is 0.115. The Morgan fingerprint density at radius 1 is 0.964 bits per heavy atom. The van der Waals surface area contributed by atoms with E-state index >= 15 is 0 Å². The molecule has 4 rings (SSSR count). The van der Waals surface area contributed by atoms with Gasteiger partial charge >= 0.3 is 0 Å². The Balaban J connectivity index is 1.80. The van der Waals surface area contributed by atoms with E-state index in [-0.39, 0.29) is 6.04 Å². The summed E-state index contributed by atoms with van der Waals surface area (Å²) < 4.78 is 13.7. The summed E-state index contributed by atoms with van der Waals surface area (Å²) in [5, 5.41) is 0. The zero-order chi connectivity index (χ0) is 19.5. The molecule has 1 atom stereocenters. The maximum absolute atomic E-state index is 5.75. The van der Waals surface area contributed by atoms with Gasteiger partial charge in [-0.3, -0.25) is 4.90 Å². The van der Waals surface area contributed by atoms with Crippen molar-refractivity contribution in [1.29, 1.82) is 0 Å². The molecule has 4 nitrogen and oxygen atoms in total. The first-order valence-electron chi connectivity index (χ1n) is 9.86. The smallest absolute Gasteiger partial charge is 0.124 e. The van der Waals surface area contributed by atoms with Crippen molar-refractivity contribution >= 4 is 0 Å². The molecular formula is C24H28N2O2. The van der Waals surface area contributed by atoms with E-state index in [1.165, 1.54) is 16.8 Å². The van der Waals surface area contributed by atoms with Crippen LogP contribution in [-0.2, 0) is 13.1 Å². The molecule has 0 radical (unpaired) electrons. The van der Waals surface area contributed by atoms with Crippen LogP contribution in [0.2, 0.25) is 0 Å². The topological polar surface area (TPSA) is 26.6 Å². The molecule has 4 heteroatoms. The normalized spacial score (nSPS) is 17.0. The second-order valence-corrected chi connectivity index (χ2v) is 7.45. The molecule has 0 spiro atoms. The predicted molar refractivity (Wildman–Crippen MR) is 112 cm³/mol. The van der Waals surface area contributed by atoms with E-state index in [4.69, 9.17) is 9.47 Å². The molecule has 2 heterocycles. The third-order valence-corrected chi connectivity index (χ3v) is 5.59. The lowest BCUT2D eigenvalue weighted by molar-refractivity contribution is 0.216. The average molecular weight is 377 g/mol. The number of nitrogens with zero attached hydrogens (tertiary/aromatic N) is 2. The van der Waals surface area contributed by atoms with Gasteiger partial charge in [0.2, 0.25) is 0 Å². The number of ether oxygens (including phenoxy) is 2. The van der Waals surface area contributed by atoms with Crippen molar-refractivity contribution in [2.24, 2.45) is 0 Å². The molecule has 0 amide bonds. The molecule has 1 aliphatic rings. The van der Waals surface area contributed by atoms with Gasteiger partial charge in [-0.2, -0.15) is 0 Å². The van der Waals surface area contributed by atoms with Crippen molar-refractivity contribution in [1.82, 2.24) is 9.47 Å². The molecule has 0 N–H and O–H groups in total. The van der Waals surface area contributed by atoms with Crippen molar-refractivity contribution in [3.63, 3.8) is 0 Å². The lowest BCUT2D eigenvalue weighted by atomic mass is 9.99. The van der Waals surface area contributed by atoms with Gasteiger partial charge in [0, 0.05) is 37.1 Å². The van der Waals surface area contributed by atoms with E-state index < -0.39 is 0 Å². The zero-order valence-corrected chi connectivity index (χ0v) is 16.9. The van der Waals surface area contributed by atoms with Gasteiger partial charge in [0.1, 0.15) is 11.5 Å². The Kier molecular flexibility index (Phi) is 5.40. The molecule has 1 aromatic heterocycles. The van der Waals surface area contributed by atoms with Crippen LogP contribution in [-0.4, -0.2) is 30.2 Å². The van der Waals surface area contributed by atoms with E-state index in [1.54, 1.807) is 14.2 Å². The fourth-order valence-electron chi connectivity index (χ4n) is 4.15. The van der Waals surface area contributed by atoms with Crippen LogP contribution in [0, 0.1) is 6.92 Å². The second-order valence-electron chi connectivity index (χ2n) is 7.45. The third kappa shape index (κ3) is 3.65. The van der Waals surface area contributed by atoms with Gasteiger partial charge in [0.15, 0.2) is 0 Å². The molecule has 0 bridgehead atoms. The summed E-state index contributed by atoms with van der Waals surface area (Å²) in [5.41, 5.74) is 5.07. The van der Waals surface area contributed by atoms with Gasteiger partial charge in [0.25, 0.3) is 0 Å². The summed E-state index contributed by atoms with van der Waals surface area (Å²) >= 11 is 0. The summed E-state index contributed by atoms with van der Waals surface area (Å²) in [5.74, 6) is 1.75. The van der Waals surface area contributed by atoms with E-state index in [9.17, 15) is 0 Å². The van der Waals surface area contributed by atoms with E-state index in [0.717, 1.165) is 43.1 Å². The largest absolute Gasteiger partial charge is 0.497 e. The van der Waals surface area contributed by atoms with Crippen molar-refractivity contribution in [2.45, 2.75) is 32.5 Å². The van der Waals surface area contributed by atoms with Crippen molar-refractivity contribution in [3.8, 4) is 11.5 Å². The fourth-order valence-corrected chi connectivity index (χ4v) is 4.15. The standard InChI is InChI=1S/C24H28N2O2/c1-18-7-9-19(10-8-18)17-26-15-5-14-25-13-4-6-22(25)24(26)21-16-20(27-2)11-12-23(21)28-3/h4,6-13,16,24H,5,14-15,17H2,1-3H3/t24-/m0/s1. The SMILES string of the molecule is COc1ccc(OC)c([C@H]2c3cccn3CCCN2Cc2ccc(C)cc2)c1. The van der Waals surface area contributed by atoms with Crippen LogP contribution in [0.1, 0.15) is 34.8 Å². The number of hydrogen-bond donors (Lipinski definition) is 0. The number of rotatable bonds is 5. The maximum Gasteiger partial charge on any atom is 0.124 e. The summed E-state index contributed by atoms with van der Waals surface area (Å²) in [4.78, 5) is 2.56. The predicted octanol–water partition coefficient (Wildman–Crippen LogP) is 4.81. The number of benzene rings is 2. The van der Waals surface area contributed by atoms with Gasteiger partial charge in [0.05, 0.1) is 20.3 Å². The number of aromatic nitrogens is 1. The molecule has 146 valence electrons. The first-order valence-corrected chi connectivity index (χ1v) is 9.86. The van der Waals surface area contributed by atoms with E-state index in [0.29, 0.717) is 0 Å². The lowest BCUT2D eigenvalue weighted by Crippen LogP contribution is -2.29. The summed E-state index contributed by atoms with van der Waals surface area (Å²) in [6, 6.07) is 19.4. The summed E-state index contributed by atoms with van der Waals surface area (Å²) in [6.45, 7) is 5.10. The molecule has 0 fully saturated rings. The Labute approximate surface area is 167 Å². The maximum atomic E-state index is 5.75. The monoisotopic (exact) mass is 376 g/mol. The third-order valence-electron chi connectivity index (χ3n) is 5.59. The molecule has 0 aliphatic carbocycles. The van der Waals surface area contributed by atoms with Gasteiger partial charge in [-0.05, 0) is 49.2 Å². The van der Waals surface area contributed by atoms with Crippen molar-refractivity contribution in [3.05, 3.63) is 83.2 Å². The van der Waals surface area contributed by atoms with Crippen LogP contribution < -0.4 is 9.47 Å². The highest BCUT2D eigenvalue weighted by molar-refractivity contribution is 5.45. The van der Waals surface area contributed by atoms with Crippen LogP contribution >= 0.6 is 0 Å². The Hall–Kier alpha value is -2.72. The van der Waals surface area contributed by atoms with E-state index in [2.05, 4.69) is 65.1 Å². The summed E-state index contributed by atoms with van der Waals surface area (Å²) in [6.07, 6.45) is 3.31. The average Bonchev–Trinajstić information content (AvgIpc) is 3.11. The van der Waals surface area contributed by atoms with Gasteiger partial charge in [-0.25, -0.2) is 0 Å². The lowest BCUT2D eigenvalue weighted by Gasteiger charge is -2.31. The minimum Gasteiger partial charge on any atom is -0.497 e. The molecule has 0 unspecified atom stereocenters. The Bertz CT molecular complexity index is 930. The number of fused-ring (bicyclic) bond motifs is 1. The van der Waals surface area contributed by atoms with Gasteiger partial charge < -0.3 is 14.0 Å². The van der Waals surface area contributed by atoms with Crippen LogP contribution in [0.5, 0.6) is 11.5 Å². The first-order chi connectivity index (χ1) is 13.7. The molecule has 0 saturated carbocycles. The highest BCUT2D eigenvalue weighted by Crippen LogP contribution is 2.39. The minimum absolute atomic E-state index is 0.115. The quantitative estimate of drug-likeness (QED) is 0.639. The Morgan fingerprint density at radius 3 is 2.54 bits per heavy atom. The Morgan fingerprint density at radius 2 is 1.79 bits per heavy atom. The second kappa shape index (κ2) is 8.11. The molecule has 0 saturated heterocycles. The van der Waals surface area contributed by atoms with E-state index in [1.807, 2.05) is 12.1 Å². The van der Waals surface area contributed by atoms with Crippen molar-refractivity contribution in [2.75, 3.05) is 20.8 Å². The van der Waals surface area contributed by atoms with Crippen LogP contribution in [0.3, 0.4) is 0 Å². The highest BCUT2D eigenvalue weighted by Gasteiger charge is 2.30. The molecular weight excluding hydrogens is 348 g/mol. The molecule has 2 aromatic carbocycles. The fraction of sp³-hybridized carbons (Fsp3) is 0.333. The molecule has 28 heavy (non-hydrogen) atoms. The van der Waals surface area contributed by atoms with Gasteiger partial charge in [-0.15, -0.1) is 0 Å². The number of hydrogen-bond acceptors (Lipinski definition) is 3. The molecule has 3 aromatic rings. The first kappa shape index (κ1) is 18.6. The summed E-state index contributed by atoms with van der Waals surface area (Å²) in [7, 11) is 3.46.